The molecule has 2 heterocycles. The number of likely N-dealkylation sites (tertiary alicyclic amines) is 1. The Labute approximate surface area is 129 Å². The van der Waals surface area contributed by atoms with Crippen LogP contribution in [0.4, 0.5) is 0 Å². The third-order valence-electron chi connectivity index (χ3n) is 4.24. The third kappa shape index (κ3) is 5.81. The standard InChI is InChI=1S/C17H31N3O/c1-14(2)18-11-16-5-6-17(21-16)13-20(4)12-15-7-9-19(3)10-8-15/h5-6,14-15,18H,7-13H2,1-4H3. The molecule has 0 unspecified atom stereocenters. The molecule has 0 bridgehead atoms. The van der Waals surface area contributed by atoms with Gasteiger partial charge < -0.3 is 14.6 Å². The Balaban J connectivity index is 1.73. The van der Waals surface area contributed by atoms with Gasteiger partial charge in [-0.15, -0.1) is 0 Å². The van der Waals surface area contributed by atoms with E-state index >= 15 is 0 Å². The lowest BCUT2D eigenvalue weighted by Gasteiger charge is -2.31. The third-order valence-corrected chi connectivity index (χ3v) is 4.24. The van der Waals surface area contributed by atoms with Crippen LogP contribution in [0.15, 0.2) is 16.5 Å². The molecule has 0 spiro atoms. The zero-order chi connectivity index (χ0) is 15.2. The lowest BCUT2D eigenvalue weighted by molar-refractivity contribution is 0.168. The lowest BCUT2D eigenvalue weighted by Crippen LogP contribution is -2.35. The quantitative estimate of drug-likeness (QED) is 0.837. The second kappa shape index (κ2) is 7.97. The van der Waals surface area contributed by atoms with Gasteiger partial charge in [-0.05, 0) is 58.1 Å². The first-order chi connectivity index (χ1) is 10.0. The molecule has 0 aliphatic carbocycles. The Morgan fingerprint density at radius 2 is 1.95 bits per heavy atom. The van der Waals surface area contributed by atoms with Crippen LogP contribution in [0.5, 0.6) is 0 Å². The van der Waals surface area contributed by atoms with Crippen molar-refractivity contribution < 1.29 is 4.42 Å². The summed E-state index contributed by atoms with van der Waals surface area (Å²) < 4.78 is 5.90. The number of hydrogen-bond donors (Lipinski definition) is 1. The summed E-state index contributed by atoms with van der Waals surface area (Å²) in [7, 11) is 4.42. The van der Waals surface area contributed by atoms with Crippen molar-refractivity contribution in [1.82, 2.24) is 15.1 Å². The molecule has 1 saturated heterocycles. The van der Waals surface area contributed by atoms with E-state index in [1.54, 1.807) is 0 Å². The number of nitrogens with one attached hydrogen (secondary N) is 1. The highest BCUT2D eigenvalue weighted by Crippen LogP contribution is 2.18. The highest BCUT2D eigenvalue weighted by atomic mass is 16.3. The summed E-state index contributed by atoms with van der Waals surface area (Å²) in [5, 5.41) is 3.39. The summed E-state index contributed by atoms with van der Waals surface area (Å²) in [5.41, 5.74) is 0. The highest BCUT2D eigenvalue weighted by molar-refractivity contribution is 5.07. The van der Waals surface area contributed by atoms with E-state index in [-0.39, 0.29) is 0 Å². The van der Waals surface area contributed by atoms with E-state index in [4.69, 9.17) is 4.42 Å². The predicted octanol–water partition coefficient (Wildman–Crippen LogP) is 2.55. The van der Waals surface area contributed by atoms with E-state index in [1.165, 1.54) is 32.5 Å². The molecule has 2 rings (SSSR count). The fourth-order valence-corrected chi connectivity index (χ4v) is 2.92. The fourth-order valence-electron chi connectivity index (χ4n) is 2.92. The van der Waals surface area contributed by atoms with Crippen molar-refractivity contribution in [3.8, 4) is 0 Å². The summed E-state index contributed by atoms with van der Waals surface area (Å²) in [5.74, 6) is 2.95. The van der Waals surface area contributed by atoms with Crippen LogP contribution >= 0.6 is 0 Å². The number of piperidine rings is 1. The second-order valence-electron chi connectivity index (χ2n) is 6.85. The van der Waals surface area contributed by atoms with E-state index < -0.39 is 0 Å². The molecular formula is C17H31N3O. The van der Waals surface area contributed by atoms with Crippen LogP contribution < -0.4 is 5.32 Å². The Kier molecular flexibility index (Phi) is 6.27. The highest BCUT2D eigenvalue weighted by Gasteiger charge is 2.18. The summed E-state index contributed by atoms with van der Waals surface area (Å²) in [6.45, 7) is 9.69. The van der Waals surface area contributed by atoms with Gasteiger partial charge in [0.25, 0.3) is 0 Å². The number of rotatable bonds is 7. The van der Waals surface area contributed by atoms with Gasteiger partial charge in [0.2, 0.25) is 0 Å². The maximum atomic E-state index is 5.90. The van der Waals surface area contributed by atoms with Crippen molar-refractivity contribution in [2.75, 3.05) is 33.7 Å². The molecule has 4 heteroatoms. The molecule has 1 aromatic heterocycles. The maximum Gasteiger partial charge on any atom is 0.118 e. The predicted molar refractivity (Wildman–Crippen MR) is 87.2 cm³/mol. The second-order valence-corrected chi connectivity index (χ2v) is 6.85. The van der Waals surface area contributed by atoms with E-state index in [2.05, 4.69) is 55.2 Å². The number of hydrogen-bond acceptors (Lipinski definition) is 4. The van der Waals surface area contributed by atoms with Crippen molar-refractivity contribution in [1.29, 1.82) is 0 Å². The molecule has 21 heavy (non-hydrogen) atoms. The molecule has 0 saturated carbocycles. The zero-order valence-electron chi connectivity index (χ0n) is 14.1. The van der Waals surface area contributed by atoms with Crippen LogP contribution in [0.3, 0.4) is 0 Å². The molecule has 1 aliphatic heterocycles. The van der Waals surface area contributed by atoms with Crippen LogP contribution in [-0.4, -0.2) is 49.6 Å². The minimum atomic E-state index is 0.491. The van der Waals surface area contributed by atoms with Gasteiger partial charge in [0.1, 0.15) is 11.5 Å². The van der Waals surface area contributed by atoms with Crippen molar-refractivity contribution in [3.05, 3.63) is 23.7 Å². The van der Waals surface area contributed by atoms with Gasteiger partial charge in [0, 0.05) is 12.6 Å². The van der Waals surface area contributed by atoms with Gasteiger partial charge >= 0.3 is 0 Å². The monoisotopic (exact) mass is 293 g/mol. The first kappa shape index (κ1) is 16.5. The van der Waals surface area contributed by atoms with Gasteiger partial charge in [-0.1, -0.05) is 13.8 Å². The maximum absolute atomic E-state index is 5.90. The average Bonchev–Trinajstić information content (AvgIpc) is 2.86. The molecule has 1 aromatic rings. The minimum absolute atomic E-state index is 0.491. The molecule has 0 aromatic carbocycles. The summed E-state index contributed by atoms with van der Waals surface area (Å²) >= 11 is 0. The molecule has 0 atom stereocenters. The zero-order valence-corrected chi connectivity index (χ0v) is 14.1. The van der Waals surface area contributed by atoms with E-state index in [1.807, 2.05) is 0 Å². The Hall–Kier alpha value is -0.840. The fraction of sp³-hybridized carbons (Fsp3) is 0.765. The summed E-state index contributed by atoms with van der Waals surface area (Å²) in [6.07, 6.45) is 2.64. The van der Waals surface area contributed by atoms with Crippen molar-refractivity contribution >= 4 is 0 Å². The van der Waals surface area contributed by atoms with Crippen LogP contribution in [0, 0.1) is 5.92 Å². The van der Waals surface area contributed by atoms with E-state index in [9.17, 15) is 0 Å². The van der Waals surface area contributed by atoms with Crippen molar-refractivity contribution in [2.45, 2.75) is 45.8 Å². The number of furan rings is 1. The molecule has 0 amide bonds. The summed E-state index contributed by atoms with van der Waals surface area (Å²) in [6, 6.07) is 4.70. The molecule has 1 aliphatic rings. The Morgan fingerprint density at radius 3 is 2.62 bits per heavy atom. The molecule has 1 N–H and O–H groups in total. The van der Waals surface area contributed by atoms with E-state index in [0.29, 0.717) is 6.04 Å². The molecular weight excluding hydrogens is 262 g/mol. The van der Waals surface area contributed by atoms with Crippen LogP contribution in [-0.2, 0) is 13.1 Å². The molecule has 120 valence electrons. The Bertz CT molecular complexity index is 408. The van der Waals surface area contributed by atoms with Crippen molar-refractivity contribution in [3.63, 3.8) is 0 Å². The van der Waals surface area contributed by atoms with Crippen LogP contribution in [0.1, 0.15) is 38.2 Å². The molecule has 0 radical (unpaired) electrons. The normalized spacial score (nSPS) is 18.0. The van der Waals surface area contributed by atoms with Crippen molar-refractivity contribution in [2.24, 2.45) is 5.92 Å². The number of nitrogens with zero attached hydrogens (tertiary/aromatic N) is 2. The topological polar surface area (TPSA) is 31.6 Å². The first-order valence-electron chi connectivity index (χ1n) is 8.21. The largest absolute Gasteiger partial charge is 0.463 e. The first-order valence-corrected chi connectivity index (χ1v) is 8.21. The summed E-state index contributed by atoms with van der Waals surface area (Å²) in [4.78, 5) is 4.82. The average molecular weight is 293 g/mol. The Morgan fingerprint density at radius 1 is 1.29 bits per heavy atom. The van der Waals surface area contributed by atoms with Crippen LogP contribution in [0.2, 0.25) is 0 Å². The van der Waals surface area contributed by atoms with Gasteiger partial charge in [-0.2, -0.15) is 0 Å². The molecule has 4 nitrogen and oxygen atoms in total. The van der Waals surface area contributed by atoms with Gasteiger partial charge in [-0.3, -0.25) is 4.90 Å². The smallest absolute Gasteiger partial charge is 0.118 e. The SMILES string of the molecule is CC(C)NCc1ccc(CN(C)CC2CCN(C)CC2)o1. The van der Waals surface area contributed by atoms with Gasteiger partial charge in [0.15, 0.2) is 0 Å². The molecule has 1 fully saturated rings. The van der Waals surface area contributed by atoms with Gasteiger partial charge in [-0.25, -0.2) is 0 Å². The van der Waals surface area contributed by atoms with E-state index in [0.717, 1.165) is 30.5 Å². The van der Waals surface area contributed by atoms with Gasteiger partial charge in [0.05, 0.1) is 13.1 Å². The lowest BCUT2D eigenvalue weighted by atomic mass is 9.97. The minimum Gasteiger partial charge on any atom is -0.463 e. The van der Waals surface area contributed by atoms with Crippen LogP contribution in [0.25, 0.3) is 0 Å².